The minimum Gasteiger partial charge on any atom is -0.465 e. The molecule has 0 spiro atoms. The topological polar surface area (TPSA) is 68.5 Å². The van der Waals surface area contributed by atoms with Gasteiger partial charge in [-0.2, -0.15) is 0 Å². The lowest BCUT2D eigenvalue weighted by atomic mass is 10.1. The molecule has 0 fully saturated rings. The summed E-state index contributed by atoms with van der Waals surface area (Å²) in [5.41, 5.74) is 3.90. The molecule has 1 N–H and O–H groups in total. The number of benzene rings is 2. The Kier molecular flexibility index (Phi) is 4.84. The number of hydrogen-bond donors (Lipinski definition) is 1. The van der Waals surface area contributed by atoms with Gasteiger partial charge in [-0.05, 0) is 48.4 Å². The summed E-state index contributed by atoms with van der Waals surface area (Å²) in [7, 11) is 1.33. The van der Waals surface area contributed by atoms with Gasteiger partial charge in [0.2, 0.25) is 5.91 Å². The van der Waals surface area contributed by atoms with Crippen LogP contribution in [0.25, 0.3) is 11.0 Å². The van der Waals surface area contributed by atoms with Crippen LogP contribution >= 0.6 is 0 Å². The number of hydrogen-bond acceptors (Lipinski definition) is 4. The maximum atomic E-state index is 12.3. The molecular weight excluding hydrogens is 318 g/mol. The summed E-state index contributed by atoms with van der Waals surface area (Å²) in [5.74, 6) is -0.551. The highest BCUT2D eigenvalue weighted by molar-refractivity contribution is 5.96. The van der Waals surface area contributed by atoms with Crippen molar-refractivity contribution in [3.63, 3.8) is 0 Å². The van der Waals surface area contributed by atoms with Crippen LogP contribution in [0.2, 0.25) is 0 Å². The lowest BCUT2D eigenvalue weighted by molar-refractivity contribution is -0.115. The van der Waals surface area contributed by atoms with E-state index in [2.05, 4.69) is 23.0 Å². The number of furan rings is 1. The lowest BCUT2D eigenvalue weighted by Crippen LogP contribution is -2.14. The highest BCUT2D eigenvalue weighted by Gasteiger charge is 2.12. The number of nitrogens with one attached hydrogen (secondary N) is 1. The van der Waals surface area contributed by atoms with E-state index in [0.717, 1.165) is 23.0 Å². The first kappa shape index (κ1) is 16.8. The fourth-order valence-corrected chi connectivity index (χ4v) is 2.67. The molecular formula is C20H19NO4. The third-order valence-electron chi connectivity index (χ3n) is 4.07. The number of rotatable bonds is 5. The zero-order valence-electron chi connectivity index (χ0n) is 14.2. The van der Waals surface area contributed by atoms with E-state index in [9.17, 15) is 9.59 Å². The van der Waals surface area contributed by atoms with E-state index in [1.54, 1.807) is 30.5 Å². The Morgan fingerprint density at radius 3 is 2.56 bits per heavy atom. The van der Waals surface area contributed by atoms with E-state index in [0.29, 0.717) is 11.3 Å². The summed E-state index contributed by atoms with van der Waals surface area (Å²) < 4.78 is 10.2. The van der Waals surface area contributed by atoms with Gasteiger partial charge in [0.1, 0.15) is 5.58 Å². The summed E-state index contributed by atoms with van der Waals surface area (Å²) in [6, 6.07) is 12.6. The third-order valence-corrected chi connectivity index (χ3v) is 4.07. The van der Waals surface area contributed by atoms with Crippen molar-refractivity contribution in [2.24, 2.45) is 0 Å². The van der Waals surface area contributed by atoms with Crippen molar-refractivity contribution >= 4 is 28.5 Å². The summed E-state index contributed by atoms with van der Waals surface area (Å²) in [6.07, 6.45) is 2.78. The molecule has 1 amide bonds. The molecule has 128 valence electrons. The second-order valence-electron chi connectivity index (χ2n) is 5.74. The minimum absolute atomic E-state index is 0.143. The second-order valence-corrected chi connectivity index (χ2v) is 5.74. The van der Waals surface area contributed by atoms with Crippen molar-refractivity contribution in [2.75, 3.05) is 12.4 Å². The number of anilines is 1. The smallest absolute Gasteiger partial charge is 0.337 e. The summed E-state index contributed by atoms with van der Waals surface area (Å²) in [4.78, 5) is 23.7. The van der Waals surface area contributed by atoms with Crippen molar-refractivity contribution in [2.45, 2.75) is 19.8 Å². The van der Waals surface area contributed by atoms with Crippen LogP contribution in [0.3, 0.4) is 0 Å². The molecule has 25 heavy (non-hydrogen) atoms. The molecule has 0 atom stereocenters. The van der Waals surface area contributed by atoms with Crippen LogP contribution in [0.1, 0.15) is 28.4 Å². The number of carbonyl (C=O) groups is 2. The lowest BCUT2D eigenvalue weighted by Gasteiger charge is -2.06. The minimum atomic E-state index is -0.408. The molecule has 0 aliphatic heterocycles. The van der Waals surface area contributed by atoms with Gasteiger partial charge in [0, 0.05) is 16.6 Å². The van der Waals surface area contributed by atoms with Gasteiger partial charge in [0.25, 0.3) is 0 Å². The van der Waals surface area contributed by atoms with Gasteiger partial charge < -0.3 is 14.5 Å². The average molecular weight is 337 g/mol. The van der Waals surface area contributed by atoms with E-state index < -0.39 is 5.97 Å². The molecule has 5 heteroatoms. The first-order valence-electron chi connectivity index (χ1n) is 8.08. The first-order valence-corrected chi connectivity index (χ1v) is 8.08. The van der Waals surface area contributed by atoms with Crippen molar-refractivity contribution < 1.29 is 18.7 Å². The molecule has 0 radical (unpaired) electrons. The average Bonchev–Trinajstić information content (AvgIpc) is 3.03. The number of aryl methyl sites for hydroxylation is 1. The van der Waals surface area contributed by atoms with Gasteiger partial charge in [0.15, 0.2) is 0 Å². The molecule has 0 aliphatic carbocycles. The van der Waals surface area contributed by atoms with Gasteiger partial charge in [0.05, 0.1) is 25.4 Å². The summed E-state index contributed by atoms with van der Waals surface area (Å²) in [5, 5.41) is 3.79. The summed E-state index contributed by atoms with van der Waals surface area (Å²) in [6.45, 7) is 2.09. The molecule has 3 aromatic rings. The van der Waals surface area contributed by atoms with Crippen LogP contribution in [0.15, 0.2) is 53.1 Å². The van der Waals surface area contributed by atoms with Gasteiger partial charge in [-0.25, -0.2) is 4.79 Å². The Bertz CT molecular complexity index is 909. The number of methoxy groups -OCH3 is 1. The fraction of sp³-hybridized carbons (Fsp3) is 0.200. The fourth-order valence-electron chi connectivity index (χ4n) is 2.67. The van der Waals surface area contributed by atoms with Gasteiger partial charge in [-0.15, -0.1) is 0 Å². The maximum Gasteiger partial charge on any atom is 0.337 e. The molecule has 0 unspecified atom stereocenters. The SMILES string of the molecule is CCc1ccc2occ(CC(=O)Nc3ccc(C(=O)OC)cc3)c2c1. The molecule has 5 nitrogen and oxygen atoms in total. The Labute approximate surface area is 145 Å². The normalized spacial score (nSPS) is 10.6. The van der Waals surface area contributed by atoms with Crippen LogP contribution in [0, 0.1) is 0 Å². The van der Waals surface area contributed by atoms with Crippen molar-refractivity contribution in [3.05, 3.63) is 65.4 Å². The van der Waals surface area contributed by atoms with Crippen LogP contribution < -0.4 is 5.32 Å². The predicted octanol–water partition coefficient (Wildman–Crippen LogP) is 3.96. The van der Waals surface area contributed by atoms with Crippen LogP contribution in [0.4, 0.5) is 5.69 Å². The standard InChI is InChI=1S/C20H19NO4/c1-3-13-4-9-18-17(10-13)15(12-25-18)11-19(22)21-16-7-5-14(6-8-16)20(23)24-2/h4-10,12H,3,11H2,1-2H3,(H,21,22). The zero-order chi connectivity index (χ0) is 17.8. The van der Waals surface area contributed by atoms with E-state index in [4.69, 9.17) is 4.42 Å². The van der Waals surface area contributed by atoms with Crippen molar-refractivity contribution in [1.82, 2.24) is 0 Å². The van der Waals surface area contributed by atoms with E-state index in [-0.39, 0.29) is 12.3 Å². The van der Waals surface area contributed by atoms with Gasteiger partial charge in [-0.3, -0.25) is 4.79 Å². The van der Waals surface area contributed by atoms with E-state index in [1.807, 2.05) is 12.1 Å². The van der Waals surface area contributed by atoms with Gasteiger partial charge in [-0.1, -0.05) is 13.0 Å². The summed E-state index contributed by atoms with van der Waals surface area (Å²) >= 11 is 0. The zero-order valence-corrected chi connectivity index (χ0v) is 14.2. The maximum absolute atomic E-state index is 12.3. The number of carbonyl (C=O) groups excluding carboxylic acids is 2. The third kappa shape index (κ3) is 3.71. The molecule has 0 bridgehead atoms. The first-order chi connectivity index (χ1) is 12.1. The second kappa shape index (κ2) is 7.21. The Morgan fingerprint density at radius 2 is 1.88 bits per heavy atom. The predicted molar refractivity (Wildman–Crippen MR) is 95.7 cm³/mol. The van der Waals surface area contributed by atoms with Crippen molar-refractivity contribution in [3.8, 4) is 0 Å². The largest absolute Gasteiger partial charge is 0.465 e. The van der Waals surface area contributed by atoms with Crippen LogP contribution in [0.5, 0.6) is 0 Å². The molecule has 0 aliphatic rings. The highest BCUT2D eigenvalue weighted by atomic mass is 16.5. The van der Waals surface area contributed by atoms with Crippen molar-refractivity contribution in [1.29, 1.82) is 0 Å². The molecule has 2 aromatic carbocycles. The molecule has 3 rings (SSSR count). The van der Waals surface area contributed by atoms with E-state index in [1.165, 1.54) is 12.7 Å². The Morgan fingerprint density at radius 1 is 1.12 bits per heavy atom. The quantitative estimate of drug-likeness (QED) is 0.716. The monoisotopic (exact) mass is 337 g/mol. The van der Waals surface area contributed by atoms with Gasteiger partial charge >= 0.3 is 5.97 Å². The molecule has 1 heterocycles. The molecule has 0 saturated heterocycles. The van der Waals surface area contributed by atoms with Crippen LogP contribution in [-0.4, -0.2) is 19.0 Å². The number of ether oxygens (including phenoxy) is 1. The molecule has 0 saturated carbocycles. The number of amides is 1. The van der Waals surface area contributed by atoms with Crippen LogP contribution in [-0.2, 0) is 22.4 Å². The Balaban J connectivity index is 1.71. The number of fused-ring (bicyclic) bond motifs is 1. The Hall–Kier alpha value is -3.08. The highest BCUT2D eigenvalue weighted by Crippen LogP contribution is 2.23. The number of esters is 1. The van der Waals surface area contributed by atoms with E-state index >= 15 is 0 Å². The molecule has 1 aromatic heterocycles.